The Morgan fingerprint density at radius 2 is 0.450 bits per heavy atom. The van der Waals surface area contributed by atoms with Gasteiger partial charge in [0.1, 0.15) is 0 Å². The molecule has 3 atom stereocenters. The van der Waals surface area contributed by atoms with E-state index >= 15 is 0 Å². The normalized spacial score (nSPS) is 15.7. The van der Waals surface area contributed by atoms with Crippen LogP contribution in [0.3, 0.4) is 0 Å². The molecule has 15 rings (SSSR count). The summed E-state index contributed by atoms with van der Waals surface area (Å²) in [6.45, 7) is 21.4. The minimum Gasteiger partial charge on any atom is -0.0617 e. The van der Waals surface area contributed by atoms with Crippen LogP contribution in [0.25, 0.3) is 55.6 Å². The highest BCUT2D eigenvalue weighted by atomic mass is 14.3. The predicted molar refractivity (Wildman–Crippen MR) is 345 cm³/mol. The van der Waals surface area contributed by atoms with E-state index in [0.29, 0.717) is 0 Å². The standard InChI is InChI=1S/5C15H13B/c1-9-4-6-12-13(7-9)11-5-3-10(2)8-14(11)15(12)16;1-9-3-5-11-13(7-9)14-8-10(2)4-6-12(14)15(11)16;1-9-5-3-7-11-13(9)14-10(2)6-4-8-12(14)15(11)16;1-9-6-7-11-13(8-9)14-10(2)4-3-5-12(14)15(11)16;1-9-6-7-11-13(8-9)15(16)12-5-3-4-10(2)14(11)12/h5*3-8,15H,1-2H3. The highest BCUT2D eigenvalue weighted by molar-refractivity contribution is 6.20. The van der Waals surface area contributed by atoms with Crippen LogP contribution >= 0.6 is 0 Å². The topological polar surface area (TPSA) is 0 Å². The van der Waals surface area contributed by atoms with E-state index in [-0.39, 0.29) is 29.1 Å². The molecule has 3 unspecified atom stereocenters. The Morgan fingerprint density at radius 1 is 0.200 bits per heavy atom. The maximum Gasteiger partial charge on any atom is 0.0828 e. The summed E-state index contributed by atoms with van der Waals surface area (Å²) >= 11 is 0. The van der Waals surface area contributed by atoms with Gasteiger partial charge in [-0.1, -0.05) is 215 Å². The average molecular weight is 1020 g/mol. The second-order valence-electron chi connectivity index (χ2n) is 23.1. The van der Waals surface area contributed by atoms with Crippen molar-refractivity contribution < 1.29 is 0 Å². The first-order valence-corrected chi connectivity index (χ1v) is 28.2. The molecular formula is C75H65B5. The Kier molecular flexibility index (Phi) is 14.9. The molecule has 10 aromatic rings. The van der Waals surface area contributed by atoms with Crippen LogP contribution in [0.2, 0.25) is 0 Å². The third-order valence-electron chi connectivity index (χ3n) is 17.2. The van der Waals surface area contributed by atoms with Crippen LogP contribution in [0, 0.1) is 69.2 Å². The van der Waals surface area contributed by atoms with E-state index in [9.17, 15) is 0 Å². The van der Waals surface area contributed by atoms with Gasteiger partial charge in [0.15, 0.2) is 0 Å². The van der Waals surface area contributed by atoms with Crippen LogP contribution in [0.5, 0.6) is 0 Å². The summed E-state index contributed by atoms with van der Waals surface area (Å²) in [7, 11) is 31.4. The zero-order chi connectivity index (χ0) is 56.4. The molecule has 0 heterocycles. The van der Waals surface area contributed by atoms with Gasteiger partial charge in [-0.3, -0.25) is 0 Å². The van der Waals surface area contributed by atoms with E-state index in [1.165, 1.54) is 167 Å². The van der Waals surface area contributed by atoms with Crippen molar-refractivity contribution in [3.63, 3.8) is 0 Å². The maximum atomic E-state index is 6.30. The lowest BCUT2D eigenvalue weighted by molar-refractivity contribution is 1.19. The molecule has 5 aliphatic carbocycles. The molecule has 0 bridgehead atoms. The van der Waals surface area contributed by atoms with Crippen LogP contribution in [0.15, 0.2) is 182 Å². The SMILES string of the molecule is [B]C1c2cc(C)ccc2-c2c(C)cccc21.[B]C1c2ccc(C)cc2-c2c(C)cccc21.[B]C1c2ccc(C)cc2-c2cc(C)ccc21.[B]C1c2ccc(C)cc2-c2ccc(C)cc21.[B]C1c2cccc(C)c2-c2c(C)cccc21. The quantitative estimate of drug-likeness (QED) is 0.133. The van der Waals surface area contributed by atoms with Crippen molar-refractivity contribution >= 4 is 39.2 Å². The molecule has 0 nitrogen and oxygen atoms in total. The number of fused-ring (bicyclic) bond motifs is 15. The molecule has 80 heavy (non-hydrogen) atoms. The molecule has 5 heteroatoms. The molecule has 5 aliphatic rings. The molecule has 0 aromatic heterocycles. The summed E-state index contributed by atoms with van der Waals surface area (Å²) in [6.07, 6.45) is 0. The highest BCUT2D eigenvalue weighted by Crippen LogP contribution is 2.49. The lowest BCUT2D eigenvalue weighted by Crippen LogP contribution is -1.95. The first-order chi connectivity index (χ1) is 38.4. The third kappa shape index (κ3) is 9.80. The van der Waals surface area contributed by atoms with Gasteiger partial charge in [0, 0.05) is 0 Å². The zero-order valence-corrected chi connectivity index (χ0v) is 48.1. The van der Waals surface area contributed by atoms with Gasteiger partial charge in [0.25, 0.3) is 0 Å². The van der Waals surface area contributed by atoms with Crippen molar-refractivity contribution in [1.29, 1.82) is 0 Å². The van der Waals surface area contributed by atoms with Crippen molar-refractivity contribution in [2.45, 2.75) is 98.3 Å². The predicted octanol–water partition coefficient (Wildman–Crippen LogP) is 17.7. The molecule has 0 spiro atoms. The van der Waals surface area contributed by atoms with Gasteiger partial charge in [-0.15, -0.1) is 0 Å². The van der Waals surface area contributed by atoms with Crippen LogP contribution in [-0.2, 0) is 0 Å². The fourth-order valence-corrected chi connectivity index (χ4v) is 13.1. The smallest absolute Gasteiger partial charge is 0.0617 e. The largest absolute Gasteiger partial charge is 0.0828 e. The van der Waals surface area contributed by atoms with Crippen molar-refractivity contribution in [3.05, 3.63) is 293 Å². The van der Waals surface area contributed by atoms with E-state index in [0.717, 1.165) is 0 Å². The summed E-state index contributed by atoms with van der Waals surface area (Å²) in [4.78, 5) is 0. The number of hydrogen-bond donors (Lipinski definition) is 0. The molecule has 380 valence electrons. The first kappa shape index (κ1) is 54.5. The summed E-state index contributed by atoms with van der Waals surface area (Å²) in [5.74, 6) is 0.233. The number of benzene rings is 10. The molecule has 0 saturated heterocycles. The van der Waals surface area contributed by atoms with Gasteiger partial charge in [0.2, 0.25) is 0 Å². The summed E-state index contributed by atoms with van der Waals surface area (Å²) in [6, 6.07) is 64.8. The van der Waals surface area contributed by atoms with E-state index in [2.05, 4.69) is 251 Å². The fourth-order valence-electron chi connectivity index (χ4n) is 13.1. The summed E-state index contributed by atoms with van der Waals surface area (Å²) in [5.41, 5.74) is 38.9. The van der Waals surface area contributed by atoms with Gasteiger partial charge in [-0.2, -0.15) is 0 Å². The van der Waals surface area contributed by atoms with Crippen LogP contribution in [0.4, 0.5) is 0 Å². The van der Waals surface area contributed by atoms with Crippen LogP contribution in [0.1, 0.15) is 140 Å². The van der Waals surface area contributed by atoms with Crippen molar-refractivity contribution in [3.8, 4) is 55.6 Å². The molecule has 0 saturated carbocycles. The van der Waals surface area contributed by atoms with Crippen molar-refractivity contribution in [2.75, 3.05) is 0 Å². The van der Waals surface area contributed by atoms with Gasteiger partial charge in [0.05, 0.1) is 39.2 Å². The Labute approximate surface area is 483 Å². The molecule has 10 aromatic carbocycles. The van der Waals surface area contributed by atoms with E-state index in [1.54, 1.807) is 0 Å². The Morgan fingerprint density at radius 3 is 0.875 bits per heavy atom. The average Bonchev–Trinajstić information content (AvgIpc) is 4.29. The lowest BCUT2D eigenvalue weighted by Gasteiger charge is -2.07. The second kappa shape index (κ2) is 21.9. The lowest BCUT2D eigenvalue weighted by atomic mass is 9.79. The van der Waals surface area contributed by atoms with Gasteiger partial charge < -0.3 is 0 Å². The molecular weight excluding hydrogens is 955 g/mol. The van der Waals surface area contributed by atoms with Gasteiger partial charge in [-0.25, -0.2) is 0 Å². The van der Waals surface area contributed by atoms with E-state index in [1.807, 2.05) is 0 Å². The summed E-state index contributed by atoms with van der Waals surface area (Å²) < 4.78 is 0. The van der Waals surface area contributed by atoms with Crippen LogP contribution < -0.4 is 0 Å². The maximum absolute atomic E-state index is 6.30. The van der Waals surface area contributed by atoms with Gasteiger partial charge >= 0.3 is 0 Å². The molecule has 0 amide bonds. The van der Waals surface area contributed by atoms with Crippen molar-refractivity contribution in [2.24, 2.45) is 0 Å². The van der Waals surface area contributed by atoms with Crippen LogP contribution in [-0.4, -0.2) is 39.2 Å². The highest BCUT2D eigenvalue weighted by Gasteiger charge is 2.30. The summed E-state index contributed by atoms with van der Waals surface area (Å²) in [5, 5.41) is 0. The first-order valence-electron chi connectivity index (χ1n) is 28.2. The minimum absolute atomic E-state index is 0.0461. The van der Waals surface area contributed by atoms with E-state index < -0.39 is 0 Å². The zero-order valence-electron chi connectivity index (χ0n) is 48.1. The van der Waals surface area contributed by atoms with Gasteiger partial charge in [-0.05, 0) is 232 Å². The Balaban J connectivity index is 0.000000105. The molecule has 0 fully saturated rings. The second-order valence-corrected chi connectivity index (χ2v) is 23.1. The third-order valence-corrected chi connectivity index (χ3v) is 17.2. The van der Waals surface area contributed by atoms with Crippen molar-refractivity contribution in [1.82, 2.24) is 0 Å². The fraction of sp³-hybridized carbons (Fsp3) is 0.200. The molecule has 0 N–H and O–H groups in total. The number of aryl methyl sites for hydroxylation is 10. The monoisotopic (exact) mass is 1020 g/mol. The molecule has 10 radical (unpaired) electrons. The van der Waals surface area contributed by atoms with E-state index in [4.69, 9.17) is 39.2 Å². The minimum atomic E-state index is 0.0461. The Bertz CT molecular complexity index is 3960. The molecule has 0 aliphatic heterocycles. The number of hydrogen-bond acceptors (Lipinski definition) is 0. The Hall–Kier alpha value is -7.48. The number of rotatable bonds is 0.